The molecule has 0 radical (unpaired) electrons. The summed E-state index contributed by atoms with van der Waals surface area (Å²) < 4.78 is 48.0. The van der Waals surface area contributed by atoms with Gasteiger partial charge in [0.05, 0.1) is 29.3 Å². The van der Waals surface area contributed by atoms with Gasteiger partial charge in [-0.25, -0.2) is 17.6 Å². The van der Waals surface area contributed by atoms with Crippen LogP contribution in [0.25, 0.3) is 0 Å². The maximum atomic E-state index is 14.6. The topological polar surface area (TPSA) is 130 Å². The van der Waals surface area contributed by atoms with E-state index in [9.17, 15) is 32.0 Å². The quantitative estimate of drug-likeness (QED) is 0.366. The molecule has 3 amide bonds. The zero-order valence-corrected chi connectivity index (χ0v) is 30.8. The molecule has 2 aliphatic carbocycles. The van der Waals surface area contributed by atoms with Gasteiger partial charge in [0.2, 0.25) is 21.8 Å². The number of nitrogens with one attached hydrogen (secondary N) is 1. The van der Waals surface area contributed by atoms with Crippen molar-refractivity contribution in [3.05, 3.63) is 82.7 Å². The van der Waals surface area contributed by atoms with Crippen LogP contribution >= 0.6 is 0 Å². The summed E-state index contributed by atoms with van der Waals surface area (Å²) in [6.07, 6.45) is 8.10. The number of halogens is 1. The minimum absolute atomic E-state index is 0.00963. The smallest absolute Gasteiger partial charge is 0.410 e. The molecule has 3 fully saturated rings. The summed E-state index contributed by atoms with van der Waals surface area (Å²) in [4.78, 5) is 59.3. The van der Waals surface area contributed by atoms with Gasteiger partial charge in [0, 0.05) is 30.9 Å². The summed E-state index contributed by atoms with van der Waals surface area (Å²) in [6, 6.07) is 11.8. The van der Waals surface area contributed by atoms with Gasteiger partial charge in [-0.15, -0.1) is 0 Å². The van der Waals surface area contributed by atoms with E-state index in [0.29, 0.717) is 43.2 Å². The third-order valence-electron chi connectivity index (χ3n) is 12.0. The molecule has 1 saturated heterocycles. The van der Waals surface area contributed by atoms with Crippen molar-refractivity contribution >= 4 is 33.7 Å². The predicted molar refractivity (Wildman–Crippen MR) is 191 cm³/mol. The number of allylic oxidation sites excluding steroid dienone is 2. The molecule has 3 aliphatic heterocycles. The van der Waals surface area contributed by atoms with E-state index in [2.05, 4.69) is 10.8 Å². The fraction of sp³-hybridized carbons (Fsp3) is 0.550. The highest BCUT2D eigenvalue weighted by atomic mass is 32.2. The summed E-state index contributed by atoms with van der Waals surface area (Å²) in [5, 5.41) is 0. The summed E-state index contributed by atoms with van der Waals surface area (Å²) >= 11 is 0. The Morgan fingerprint density at radius 2 is 1.85 bits per heavy atom. The maximum Gasteiger partial charge on any atom is 0.410 e. The Morgan fingerprint density at radius 3 is 2.60 bits per heavy atom. The van der Waals surface area contributed by atoms with Crippen LogP contribution in [0.4, 0.5) is 9.18 Å². The maximum absolute atomic E-state index is 14.6. The Morgan fingerprint density at radius 1 is 1.06 bits per heavy atom. The van der Waals surface area contributed by atoms with Gasteiger partial charge in [0.1, 0.15) is 11.9 Å². The number of ketones is 1. The number of hydrogen-bond donors (Lipinski definition) is 1. The number of ether oxygens (including phenoxy) is 1. The van der Waals surface area contributed by atoms with Crippen LogP contribution in [0.2, 0.25) is 0 Å². The number of hydrogen-bond acceptors (Lipinski definition) is 7. The molecular weight excluding hydrogens is 686 g/mol. The second-order valence-corrected chi connectivity index (χ2v) is 18.1. The van der Waals surface area contributed by atoms with E-state index in [1.54, 1.807) is 24.0 Å². The Balaban J connectivity index is 1.15. The number of carbonyl (C=O) groups excluding carboxylic acids is 4. The Labute approximate surface area is 305 Å². The third-order valence-corrected chi connectivity index (χ3v) is 14.1. The Hall–Kier alpha value is -4.06. The van der Waals surface area contributed by atoms with Crippen LogP contribution in [0.1, 0.15) is 93.4 Å². The van der Waals surface area contributed by atoms with Gasteiger partial charge in [-0.05, 0) is 81.9 Å². The Kier molecular flexibility index (Phi) is 9.82. The lowest BCUT2D eigenvalue weighted by atomic mass is 9.89. The highest BCUT2D eigenvalue weighted by Gasteiger charge is 2.62. The molecule has 5 atom stereocenters. The molecule has 52 heavy (non-hydrogen) atoms. The van der Waals surface area contributed by atoms with Gasteiger partial charge >= 0.3 is 6.09 Å². The SMILES string of the molecule is Cc1cccc(C[C@H]2CCCCC/C=C\[C@H]3C[C@@]3(C(=O)NS(=O)(=O)C3(C)CC3)CC(=O)[C@@H]3C[C@@H](OC(=O)N4Cc5cccc(F)c5C4)CN3C2=O)c1. The average molecular weight is 734 g/mol. The number of carbonyl (C=O) groups is 4. The molecule has 0 spiro atoms. The van der Waals surface area contributed by atoms with Crippen molar-refractivity contribution < 1.29 is 36.7 Å². The van der Waals surface area contributed by atoms with E-state index in [4.69, 9.17) is 4.74 Å². The summed E-state index contributed by atoms with van der Waals surface area (Å²) in [5.74, 6) is -2.34. The number of sulfonamides is 1. The third kappa shape index (κ3) is 7.27. The molecule has 5 aliphatic rings. The van der Waals surface area contributed by atoms with Crippen LogP contribution in [0.3, 0.4) is 0 Å². The molecule has 10 nitrogen and oxygen atoms in total. The molecule has 2 aromatic carbocycles. The summed E-state index contributed by atoms with van der Waals surface area (Å²) in [5.41, 5.74) is 2.00. The number of Topliss-reactive ketones (excluding diaryl/α,β-unsaturated/α-hetero) is 1. The molecule has 0 bridgehead atoms. The van der Waals surface area contributed by atoms with E-state index in [-0.39, 0.29) is 55.9 Å². The minimum Gasteiger partial charge on any atom is -0.444 e. The fourth-order valence-electron chi connectivity index (χ4n) is 8.27. The van der Waals surface area contributed by atoms with Crippen molar-refractivity contribution in [1.29, 1.82) is 0 Å². The molecule has 2 saturated carbocycles. The molecule has 278 valence electrons. The highest BCUT2D eigenvalue weighted by molar-refractivity contribution is 7.91. The first-order valence-electron chi connectivity index (χ1n) is 18.6. The van der Waals surface area contributed by atoms with Crippen molar-refractivity contribution in [2.24, 2.45) is 17.3 Å². The summed E-state index contributed by atoms with van der Waals surface area (Å²) in [6.45, 7) is 3.88. The molecule has 0 unspecified atom stereocenters. The molecule has 12 heteroatoms. The lowest BCUT2D eigenvalue weighted by molar-refractivity contribution is -0.142. The molecule has 3 heterocycles. The van der Waals surface area contributed by atoms with Crippen LogP contribution in [-0.2, 0) is 48.7 Å². The van der Waals surface area contributed by atoms with E-state index in [0.717, 1.165) is 36.8 Å². The van der Waals surface area contributed by atoms with Crippen LogP contribution in [-0.4, -0.2) is 65.3 Å². The molecule has 0 aromatic heterocycles. The van der Waals surface area contributed by atoms with Crippen LogP contribution in [0.15, 0.2) is 54.6 Å². The second kappa shape index (κ2) is 14.1. The number of fused-ring (bicyclic) bond motifs is 3. The number of benzene rings is 2. The van der Waals surface area contributed by atoms with Gasteiger partial charge in [0.15, 0.2) is 5.78 Å². The van der Waals surface area contributed by atoms with E-state index >= 15 is 0 Å². The van der Waals surface area contributed by atoms with Gasteiger partial charge < -0.3 is 9.64 Å². The van der Waals surface area contributed by atoms with Crippen LogP contribution in [0.5, 0.6) is 0 Å². The van der Waals surface area contributed by atoms with E-state index < -0.39 is 50.2 Å². The van der Waals surface area contributed by atoms with E-state index in [1.165, 1.54) is 11.0 Å². The van der Waals surface area contributed by atoms with Crippen molar-refractivity contribution in [2.45, 2.75) is 114 Å². The first-order chi connectivity index (χ1) is 24.8. The van der Waals surface area contributed by atoms with E-state index in [1.807, 2.05) is 37.3 Å². The normalized spacial score (nSPS) is 29.2. The largest absolute Gasteiger partial charge is 0.444 e. The van der Waals surface area contributed by atoms with Crippen molar-refractivity contribution in [3.63, 3.8) is 0 Å². The molecule has 7 rings (SSSR count). The first kappa shape index (κ1) is 36.3. The lowest BCUT2D eigenvalue weighted by Crippen LogP contribution is -2.47. The van der Waals surface area contributed by atoms with Crippen LogP contribution < -0.4 is 4.72 Å². The zero-order valence-electron chi connectivity index (χ0n) is 29.9. The molecule has 2 aromatic rings. The van der Waals surface area contributed by atoms with Gasteiger partial charge in [-0.3, -0.25) is 24.0 Å². The molecule has 1 N–H and O–H groups in total. The standard InChI is InChI=1S/C40H48FN3O7S/c1-26-10-8-11-27(18-26)19-28-12-6-4-3-5-7-14-30-21-40(30,37(47)42-52(49,50)39(2)16-17-39)22-35(45)34-20-31(24-44(34)36(28)46)51-38(48)43-23-29-13-9-15-33(41)32(29)25-43/h7-11,13-15,18,28,30-31,34H,3-6,12,16-17,19-25H2,1-2H3,(H,42,47)/b14-7-/t28-,30+,31-,34+,40-/m1/s1. The zero-order chi connectivity index (χ0) is 36.8. The van der Waals surface area contributed by atoms with Gasteiger partial charge in [-0.2, -0.15) is 0 Å². The van der Waals surface area contributed by atoms with Crippen molar-refractivity contribution in [1.82, 2.24) is 14.5 Å². The number of nitrogens with zero attached hydrogens (tertiary/aromatic N) is 2. The first-order valence-corrected chi connectivity index (χ1v) is 20.1. The average Bonchev–Trinajstić information content (AvgIpc) is 3.89. The second-order valence-electron chi connectivity index (χ2n) is 15.9. The van der Waals surface area contributed by atoms with Gasteiger partial charge in [0.25, 0.3) is 0 Å². The van der Waals surface area contributed by atoms with Crippen molar-refractivity contribution in [3.8, 4) is 0 Å². The monoisotopic (exact) mass is 733 g/mol. The van der Waals surface area contributed by atoms with Crippen LogP contribution in [0, 0.1) is 30.0 Å². The number of amides is 3. The number of rotatable bonds is 6. The molecular formula is C40H48FN3O7S. The van der Waals surface area contributed by atoms with Crippen molar-refractivity contribution in [2.75, 3.05) is 6.54 Å². The number of aryl methyl sites for hydroxylation is 1. The minimum atomic E-state index is -3.93. The summed E-state index contributed by atoms with van der Waals surface area (Å²) in [7, 11) is -3.93. The van der Waals surface area contributed by atoms with Gasteiger partial charge in [-0.1, -0.05) is 67.0 Å². The fourth-order valence-corrected chi connectivity index (χ4v) is 9.60. The Bertz CT molecular complexity index is 1910. The predicted octanol–water partition coefficient (Wildman–Crippen LogP) is 5.90. The highest BCUT2D eigenvalue weighted by Crippen LogP contribution is 2.57. The lowest BCUT2D eigenvalue weighted by Gasteiger charge is -2.29.